The Kier molecular flexibility index (Phi) is 9.16. The van der Waals surface area contributed by atoms with E-state index < -0.39 is 0 Å². The third-order valence-corrected chi connectivity index (χ3v) is 4.80. The molecule has 1 aliphatic heterocycles. The van der Waals surface area contributed by atoms with Crippen LogP contribution in [0.1, 0.15) is 44.6 Å². The second kappa shape index (κ2) is 10.6. The summed E-state index contributed by atoms with van der Waals surface area (Å²) in [7, 11) is 1.68. The molecule has 1 saturated heterocycles. The highest BCUT2D eigenvalue weighted by Crippen LogP contribution is 2.29. The first kappa shape index (κ1) is 20.8. The summed E-state index contributed by atoms with van der Waals surface area (Å²) in [5, 5.41) is 3.41. The number of piperidine rings is 1. The maximum Gasteiger partial charge on any atom is 0.223 e. The highest BCUT2D eigenvalue weighted by Gasteiger charge is 2.24. The van der Waals surface area contributed by atoms with Crippen LogP contribution in [0.25, 0.3) is 0 Å². The SMILES string of the molecule is CCNCC1CCN(C(=O)CC(C)c2ccccc2OC)CC1.Cl. The molecule has 0 aromatic heterocycles. The molecule has 4 nitrogen and oxygen atoms in total. The van der Waals surface area contributed by atoms with Crippen molar-refractivity contribution in [1.82, 2.24) is 10.2 Å². The molecule has 1 amide bonds. The lowest BCUT2D eigenvalue weighted by molar-refractivity contribution is -0.132. The number of benzene rings is 1. The van der Waals surface area contributed by atoms with Gasteiger partial charge in [0.2, 0.25) is 5.91 Å². The summed E-state index contributed by atoms with van der Waals surface area (Å²) in [6.45, 7) is 8.14. The van der Waals surface area contributed by atoms with E-state index in [0.717, 1.165) is 50.3 Å². The maximum atomic E-state index is 12.6. The summed E-state index contributed by atoms with van der Waals surface area (Å²) in [6.07, 6.45) is 2.78. The number of carbonyl (C=O) groups excluding carboxylic acids is 1. The Morgan fingerprint density at radius 3 is 2.62 bits per heavy atom. The van der Waals surface area contributed by atoms with Crippen LogP contribution in [0.15, 0.2) is 24.3 Å². The second-order valence-corrected chi connectivity index (χ2v) is 6.48. The minimum Gasteiger partial charge on any atom is -0.496 e. The first-order chi connectivity index (χ1) is 11.2. The van der Waals surface area contributed by atoms with Crippen molar-refractivity contribution in [2.75, 3.05) is 33.3 Å². The van der Waals surface area contributed by atoms with Crippen LogP contribution in [-0.2, 0) is 4.79 Å². The lowest BCUT2D eigenvalue weighted by Crippen LogP contribution is -2.41. The number of para-hydroxylation sites is 1. The number of carbonyl (C=O) groups is 1. The van der Waals surface area contributed by atoms with E-state index in [-0.39, 0.29) is 24.2 Å². The fraction of sp³-hybridized carbons (Fsp3) is 0.632. The molecule has 0 radical (unpaired) electrons. The van der Waals surface area contributed by atoms with Crippen LogP contribution in [-0.4, -0.2) is 44.1 Å². The third kappa shape index (κ3) is 5.67. The maximum absolute atomic E-state index is 12.6. The fourth-order valence-corrected chi connectivity index (χ4v) is 3.31. The van der Waals surface area contributed by atoms with Crippen LogP contribution >= 0.6 is 12.4 Å². The number of nitrogens with one attached hydrogen (secondary N) is 1. The van der Waals surface area contributed by atoms with Gasteiger partial charge >= 0.3 is 0 Å². The molecule has 2 rings (SSSR count). The van der Waals surface area contributed by atoms with Gasteiger partial charge in [0.05, 0.1) is 7.11 Å². The van der Waals surface area contributed by atoms with Crippen LogP contribution in [0, 0.1) is 5.92 Å². The molecule has 5 heteroatoms. The first-order valence-corrected chi connectivity index (χ1v) is 8.77. The van der Waals surface area contributed by atoms with Gasteiger partial charge in [-0.1, -0.05) is 32.0 Å². The topological polar surface area (TPSA) is 41.6 Å². The van der Waals surface area contributed by atoms with Gasteiger partial charge in [0, 0.05) is 19.5 Å². The standard InChI is InChI=1S/C19H30N2O2.ClH/c1-4-20-14-16-9-11-21(12-10-16)19(22)13-15(2)17-7-5-6-8-18(17)23-3;/h5-8,15-16,20H,4,9-14H2,1-3H3;1H. The van der Waals surface area contributed by atoms with E-state index in [1.54, 1.807) is 7.11 Å². The summed E-state index contributed by atoms with van der Waals surface area (Å²) in [5.41, 5.74) is 1.12. The van der Waals surface area contributed by atoms with E-state index in [0.29, 0.717) is 12.3 Å². The van der Waals surface area contributed by atoms with Crippen molar-refractivity contribution in [1.29, 1.82) is 0 Å². The van der Waals surface area contributed by atoms with Crippen molar-refractivity contribution in [3.8, 4) is 5.75 Å². The second-order valence-electron chi connectivity index (χ2n) is 6.48. The van der Waals surface area contributed by atoms with Crippen LogP contribution in [0.4, 0.5) is 0 Å². The van der Waals surface area contributed by atoms with E-state index in [2.05, 4.69) is 25.2 Å². The van der Waals surface area contributed by atoms with Gasteiger partial charge in [0.1, 0.15) is 5.75 Å². The number of halogens is 1. The molecule has 1 atom stereocenters. The highest BCUT2D eigenvalue weighted by atomic mass is 35.5. The zero-order valence-corrected chi connectivity index (χ0v) is 15.9. The quantitative estimate of drug-likeness (QED) is 0.815. The van der Waals surface area contributed by atoms with Gasteiger partial charge < -0.3 is 15.0 Å². The van der Waals surface area contributed by atoms with E-state index in [4.69, 9.17) is 4.74 Å². The summed E-state index contributed by atoms with van der Waals surface area (Å²) < 4.78 is 5.41. The summed E-state index contributed by atoms with van der Waals surface area (Å²) in [6, 6.07) is 7.99. The van der Waals surface area contributed by atoms with Crippen LogP contribution in [0.3, 0.4) is 0 Å². The van der Waals surface area contributed by atoms with Crippen molar-refractivity contribution in [3.05, 3.63) is 29.8 Å². The molecule has 1 N–H and O–H groups in total. The number of hydrogen-bond donors (Lipinski definition) is 1. The Morgan fingerprint density at radius 1 is 1.33 bits per heavy atom. The minimum absolute atomic E-state index is 0. The fourth-order valence-electron chi connectivity index (χ4n) is 3.31. The predicted molar refractivity (Wildman–Crippen MR) is 101 cm³/mol. The molecule has 1 unspecified atom stereocenters. The van der Waals surface area contributed by atoms with Gasteiger partial charge in [-0.05, 0) is 49.4 Å². The third-order valence-electron chi connectivity index (χ3n) is 4.80. The average Bonchev–Trinajstić information content (AvgIpc) is 2.60. The summed E-state index contributed by atoms with van der Waals surface area (Å²) in [5.74, 6) is 2.03. The number of rotatable bonds is 7. The van der Waals surface area contributed by atoms with Crippen molar-refractivity contribution >= 4 is 18.3 Å². The normalized spacial score (nSPS) is 16.4. The monoisotopic (exact) mass is 354 g/mol. The molecular formula is C19H31ClN2O2. The van der Waals surface area contributed by atoms with E-state index in [1.165, 1.54) is 0 Å². The number of ether oxygens (including phenoxy) is 1. The summed E-state index contributed by atoms with van der Waals surface area (Å²) >= 11 is 0. The minimum atomic E-state index is 0. The van der Waals surface area contributed by atoms with Gasteiger partial charge in [-0.25, -0.2) is 0 Å². The molecule has 1 aromatic rings. The molecule has 1 heterocycles. The van der Waals surface area contributed by atoms with Crippen LogP contribution < -0.4 is 10.1 Å². The largest absolute Gasteiger partial charge is 0.496 e. The molecule has 1 fully saturated rings. The van der Waals surface area contributed by atoms with Crippen LogP contribution in [0.5, 0.6) is 5.75 Å². The lowest BCUT2D eigenvalue weighted by Gasteiger charge is -2.33. The molecule has 1 aliphatic rings. The predicted octanol–water partition coefficient (Wildman–Crippen LogP) is 3.46. The molecule has 0 bridgehead atoms. The van der Waals surface area contributed by atoms with E-state index in [1.807, 2.05) is 23.1 Å². The molecule has 0 aliphatic carbocycles. The van der Waals surface area contributed by atoms with Crippen molar-refractivity contribution in [2.45, 2.75) is 39.0 Å². The molecule has 1 aromatic carbocycles. The van der Waals surface area contributed by atoms with Gasteiger partial charge in [-0.3, -0.25) is 4.79 Å². The molecule has 24 heavy (non-hydrogen) atoms. The molecule has 136 valence electrons. The number of methoxy groups -OCH3 is 1. The van der Waals surface area contributed by atoms with Gasteiger partial charge in [-0.15, -0.1) is 12.4 Å². The molecule has 0 saturated carbocycles. The van der Waals surface area contributed by atoms with Crippen molar-refractivity contribution in [2.24, 2.45) is 5.92 Å². The lowest BCUT2D eigenvalue weighted by atomic mass is 9.93. The van der Waals surface area contributed by atoms with Crippen molar-refractivity contribution < 1.29 is 9.53 Å². The first-order valence-electron chi connectivity index (χ1n) is 8.77. The van der Waals surface area contributed by atoms with Crippen LogP contribution in [0.2, 0.25) is 0 Å². The summed E-state index contributed by atoms with van der Waals surface area (Å²) in [4.78, 5) is 14.6. The Balaban J connectivity index is 0.00000288. The Labute approximate surface area is 152 Å². The zero-order valence-electron chi connectivity index (χ0n) is 15.1. The van der Waals surface area contributed by atoms with Gasteiger partial charge in [-0.2, -0.15) is 0 Å². The average molecular weight is 355 g/mol. The van der Waals surface area contributed by atoms with E-state index in [9.17, 15) is 4.79 Å². The number of amides is 1. The Morgan fingerprint density at radius 2 is 2.00 bits per heavy atom. The van der Waals surface area contributed by atoms with E-state index >= 15 is 0 Å². The molecular weight excluding hydrogens is 324 g/mol. The van der Waals surface area contributed by atoms with Crippen molar-refractivity contribution in [3.63, 3.8) is 0 Å². The highest BCUT2D eigenvalue weighted by molar-refractivity contribution is 5.85. The molecule has 0 spiro atoms. The van der Waals surface area contributed by atoms with Gasteiger partial charge in [0.25, 0.3) is 0 Å². The number of likely N-dealkylation sites (tertiary alicyclic amines) is 1. The van der Waals surface area contributed by atoms with Gasteiger partial charge in [0.15, 0.2) is 0 Å². The zero-order chi connectivity index (χ0) is 16.7. The number of nitrogens with zero attached hydrogens (tertiary/aromatic N) is 1. The smallest absolute Gasteiger partial charge is 0.223 e. The Bertz CT molecular complexity index is 502. The Hall–Kier alpha value is -1.26. The number of hydrogen-bond acceptors (Lipinski definition) is 3.